The van der Waals surface area contributed by atoms with Gasteiger partial charge in [-0.2, -0.15) is 0 Å². The van der Waals surface area contributed by atoms with Crippen LogP contribution in [0.3, 0.4) is 0 Å². The molecule has 0 saturated carbocycles. The van der Waals surface area contributed by atoms with E-state index in [9.17, 15) is 9.90 Å². The van der Waals surface area contributed by atoms with Crippen molar-refractivity contribution in [3.63, 3.8) is 0 Å². The van der Waals surface area contributed by atoms with Gasteiger partial charge in [0.05, 0.1) is 12.2 Å². The van der Waals surface area contributed by atoms with Crippen molar-refractivity contribution < 1.29 is 19.4 Å². The zero-order chi connectivity index (χ0) is 15.5. The number of aliphatic hydroxyl groups excluding tert-OH is 1. The molecule has 1 aromatic carbocycles. The molecule has 0 aromatic heterocycles. The van der Waals surface area contributed by atoms with Crippen LogP contribution in [0.5, 0.6) is 11.5 Å². The smallest absolute Gasteiger partial charge is 0.169 e. The van der Waals surface area contributed by atoms with Gasteiger partial charge in [-0.3, -0.25) is 4.79 Å². The molecule has 2 rings (SSSR count). The van der Waals surface area contributed by atoms with E-state index in [1.807, 2.05) is 20.8 Å². The van der Waals surface area contributed by atoms with Crippen molar-refractivity contribution in [2.45, 2.75) is 38.8 Å². The summed E-state index contributed by atoms with van der Waals surface area (Å²) in [5.74, 6) is 1.25. The number of rotatable bonds is 5. The summed E-state index contributed by atoms with van der Waals surface area (Å²) < 4.78 is 11.0. The lowest BCUT2D eigenvalue weighted by atomic mass is 10.1. The number of nitrogens with one attached hydrogen (secondary N) is 1. The van der Waals surface area contributed by atoms with Crippen molar-refractivity contribution in [1.82, 2.24) is 5.32 Å². The maximum atomic E-state index is 11.7. The van der Waals surface area contributed by atoms with E-state index in [2.05, 4.69) is 5.32 Å². The summed E-state index contributed by atoms with van der Waals surface area (Å²) in [5, 5.41) is 13.1. The number of ether oxygens (including phenoxy) is 2. The van der Waals surface area contributed by atoms with Gasteiger partial charge in [0.1, 0.15) is 24.2 Å². The third-order valence-electron chi connectivity index (χ3n) is 3.15. The minimum absolute atomic E-state index is 0.0407. The molecule has 0 spiro atoms. The van der Waals surface area contributed by atoms with Gasteiger partial charge in [0, 0.05) is 24.6 Å². The minimum atomic E-state index is -0.595. The highest BCUT2D eigenvalue weighted by Gasteiger charge is 2.19. The monoisotopic (exact) mass is 293 g/mol. The molecule has 5 nitrogen and oxygen atoms in total. The maximum absolute atomic E-state index is 11.7. The van der Waals surface area contributed by atoms with Gasteiger partial charge in [0.2, 0.25) is 0 Å². The van der Waals surface area contributed by atoms with Crippen LogP contribution < -0.4 is 14.8 Å². The quantitative estimate of drug-likeness (QED) is 0.866. The Bertz CT molecular complexity index is 507. The van der Waals surface area contributed by atoms with Gasteiger partial charge >= 0.3 is 0 Å². The fourth-order valence-corrected chi connectivity index (χ4v) is 2.01. The Morgan fingerprint density at radius 1 is 1.43 bits per heavy atom. The molecule has 1 heterocycles. The third-order valence-corrected chi connectivity index (χ3v) is 3.15. The molecule has 0 saturated heterocycles. The normalized spacial score (nSPS) is 16.1. The van der Waals surface area contributed by atoms with Crippen LogP contribution in [0.15, 0.2) is 18.2 Å². The van der Waals surface area contributed by atoms with Crippen LogP contribution >= 0.6 is 0 Å². The number of Topliss-reactive ketones (excluding diaryl/α,β-unsaturated/α-hetero) is 1. The maximum Gasteiger partial charge on any atom is 0.169 e. The lowest BCUT2D eigenvalue weighted by molar-refractivity contribution is 0.0928. The Labute approximate surface area is 125 Å². The molecule has 0 aliphatic carbocycles. The highest BCUT2D eigenvalue weighted by Crippen LogP contribution is 2.29. The van der Waals surface area contributed by atoms with Crippen LogP contribution in [0.2, 0.25) is 0 Å². The number of ketones is 1. The number of carbonyl (C=O) groups is 1. The predicted octanol–water partition coefficient (Wildman–Crippen LogP) is 1.78. The van der Waals surface area contributed by atoms with Gasteiger partial charge in [-0.05, 0) is 32.9 Å². The third kappa shape index (κ3) is 4.72. The number of hydrogen-bond donors (Lipinski definition) is 2. The van der Waals surface area contributed by atoms with E-state index in [1.165, 1.54) is 0 Å². The van der Waals surface area contributed by atoms with Crippen LogP contribution in [0.4, 0.5) is 0 Å². The van der Waals surface area contributed by atoms with E-state index < -0.39 is 6.10 Å². The fraction of sp³-hybridized carbons (Fsp3) is 0.562. The molecule has 21 heavy (non-hydrogen) atoms. The second-order valence-electron chi connectivity index (χ2n) is 6.28. The standard InChI is InChI=1S/C16H23NO4/c1-16(2,3)17-9-11(18)10-21-12-4-5-13-14(19)6-7-20-15(13)8-12/h4-5,8,11,17-18H,6-7,9-10H2,1-3H3. The first-order chi connectivity index (χ1) is 9.85. The molecular weight excluding hydrogens is 270 g/mol. The highest BCUT2D eigenvalue weighted by atomic mass is 16.5. The van der Waals surface area contributed by atoms with Gasteiger partial charge in [-0.25, -0.2) is 0 Å². The second kappa shape index (κ2) is 6.45. The van der Waals surface area contributed by atoms with Crippen molar-refractivity contribution in [3.05, 3.63) is 23.8 Å². The van der Waals surface area contributed by atoms with Crippen molar-refractivity contribution in [1.29, 1.82) is 0 Å². The summed E-state index contributed by atoms with van der Waals surface area (Å²) in [7, 11) is 0. The van der Waals surface area contributed by atoms with E-state index in [0.29, 0.717) is 36.6 Å². The molecule has 1 unspecified atom stereocenters. The van der Waals surface area contributed by atoms with Crippen molar-refractivity contribution >= 4 is 5.78 Å². The number of carbonyl (C=O) groups excluding carboxylic acids is 1. The average Bonchev–Trinajstić information content (AvgIpc) is 2.42. The molecule has 0 amide bonds. The Morgan fingerprint density at radius 2 is 2.19 bits per heavy atom. The predicted molar refractivity (Wildman–Crippen MR) is 80.1 cm³/mol. The lowest BCUT2D eigenvalue weighted by Gasteiger charge is -2.23. The molecule has 116 valence electrons. The topological polar surface area (TPSA) is 67.8 Å². The summed E-state index contributed by atoms with van der Waals surface area (Å²) in [5.41, 5.74) is 0.560. The average molecular weight is 293 g/mol. The summed E-state index contributed by atoms with van der Waals surface area (Å²) in [4.78, 5) is 11.7. The largest absolute Gasteiger partial charge is 0.492 e. The lowest BCUT2D eigenvalue weighted by Crippen LogP contribution is -2.42. The molecule has 0 fully saturated rings. The molecule has 0 bridgehead atoms. The van der Waals surface area contributed by atoms with Crippen molar-refractivity contribution in [2.75, 3.05) is 19.8 Å². The Kier molecular flexibility index (Phi) is 4.85. The number of β-amino-alcohol motifs (C(OH)–C–C–N with tert-alkyl or cyclic N) is 1. The van der Waals surface area contributed by atoms with Crippen molar-refractivity contribution in [2.24, 2.45) is 0 Å². The van der Waals surface area contributed by atoms with Gasteiger partial charge in [0.25, 0.3) is 0 Å². The van der Waals surface area contributed by atoms with Gasteiger partial charge in [-0.1, -0.05) is 0 Å². The molecule has 0 radical (unpaired) electrons. The Morgan fingerprint density at radius 3 is 2.90 bits per heavy atom. The summed E-state index contributed by atoms with van der Waals surface area (Å²) >= 11 is 0. The second-order valence-corrected chi connectivity index (χ2v) is 6.28. The van der Waals surface area contributed by atoms with E-state index in [4.69, 9.17) is 9.47 Å². The first-order valence-electron chi connectivity index (χ1n) is 7.21. The van der Waals surface area contributed by atoms with Crippen LogP contribution in [-0.4, -0.2) is 42.3 Å². The first-order valence-corrected chi connectivity index (χ1v) is 7.21. The van der Waals surface area contributed by atoms with Crippen LogP contribution in [0.25, 0.3) is 0 Å². The zero-order valence-electron chi connectivity index (χ0n) is 12.8. The van der Waals surface area contributed by atoms with E-state index in [-0.39, 0.29) is 17.9 Å². The zero-order valence-corrected chi connectivity index (χ0v) is 12.8. The highest BCUT2D eigenvalue weighted by molar-refractivity contribution is 5.99. The van der Waals surface area contributed by atoms with Gasteiger partial charge in [0.15, 0.2) is 5.78 Å². The minimum Gasteiger partial charge on any atom is -0.492 e. The number of fused-ring (bicyclic) bond motifs is 1. The van der Waals surface area contributed by atoms with Crippen LogP contribution in [0, 0.1) is 0 Å². The Balaban J connectivity index is 1.88. The van der Waals surface area contributed by atoms with Gasteiger partial charge in [-0.15, -0.1) is 0 Å². The molecule has 2 N–H and O–H groups in total. The summed E-state index contributed by atoms with van der Waals surface area (Å²) in [6.07, 6.45) is -0.174. The van der Waals surface area contributed by atoms with E-state index >= 15 is 0 Å². The number of aliphatic hydroxyl groups is 1. The molecule has 1 atom stereocenters. The van der Waals surface area contributed by atoms with E-state index in [1.54, 1.807) is 18.2 Å². The SMILES string of the molecule is CC(C)(C)NCC(O)COc1ccc2c(c1)OCCC2=O. The Hall–Kier alpha value is -1.59. The van der Waals surface area contributed by atoms with Crippen LogP contribution in [0.1, 0.15) is 37.6 Å². The molecule has 5 heteroatoms. The van der Waals surface area contributed by atoms with E-state index in [0.717, 1.165) is 0 Å². The fourth-order valence-electron chi connectivity index (χ4n) is 2.01. The van der Waals surface area contributed by atoms with Crippen molar-refractivity contribution in [3.8, 4) is 11.5 Å². The number of benzene rings is 1. The molecule has 1 aliphatic rings. The molecule has 1 aliphatic heterocycles. The number of hydrogen-bond acceptors (Lipinski definition) is 5. The van der Waals surface area contributed by atoms with Crippen LogP contribution in [-0.2, 0) is 0 Å². The summed E-state index contributed by atoms with van der Waals surface area (Å²) in [6, 6.07) is 5.15. The summed E-state index contributed by atoms with van der Waals surface area (Å²) in [6.45, 7) is 7.18. The molecule has 1 aromatic rings. The molecular formula is C16H23NO4. The van der Waals surface area contributed by atoms with Gasteiger partial charge < -0.3 is 19.9 Å². The first kappa shape index (κ1) is 15.8.